The molecule has 0 aliphatic heterocycles. The summed E-state index contributed by atoms with van der Waals surface area (Å²) in [5, 5.41) is 10.7. The van der Waals surface area contributed by atoms with Gasteiger partial charge in [-0.2, -0.15) is 0 Å². The molecule has 0 heterocycles. The van der Waals surface area contributed by atoms with Crippen LogP contribution in [0.25, 0.3) is 0 Å². The van der Waals surface area contributed by atoms with Crippen LogP contribution in [0.5, 0.6) is 0 Å². The molecule has 3 saturated carbocycles. The molecule has 0 radical (unpaired) electrons. The van der Waals surface area contributed by atoms with Gasteiger partial charge in [0.15, 0.2) is 0 Å². The van der Waals surface area contributed by atoms with Crippen molar-refractivity contribution in [3.63, 3.8) is 0 Å². The zero-order valence-electron chi connectivity index (χ0n) is 11.2. The third-order valence-corrected chi connectivity index (χ3v) is 6.93. The van der Waals surface area contributed by atoms with Crippen molar-refractivity contribution in [3.8, 4) is 0 Å². The van der Waals surface area contributed by atoms with E-state index in [0.29, 0.717) is 11.3 Å². The third kappa shape index (κ3) is 0.978. The van der Waals surface area contributed by atoms with Crippen LogP contribution in [0.1, 0.15) is 53.4 Å². The Hall–Kier alpha value is -0.0400. The van der Waals surface area contributed by atoms with Gasteiger partial charge >= 0.3 is 0 Å². The highest BCUT2D eigenvalue weighted by molar-refractivity contribution is 5.19. The lowest BCUT2D eigenvalue weighted by Gasteiger charge is -2.43. The zero-order chi connectivity index (χ0) is 11.7. The van der Waals surface area contributed by atoms with Gasteiger partial charge in [-0.05, 0) is 60.2 Å². The standard InChI is InChI=1S/C15H26O/c1-9(2)10-5-7-14(3)11-6-8-15(14,4)13(16)12(10)11/h9-13,16H,5-8H2,1-4H3/t10-,11+,12+,13+,14+,15+/m1/s1. The van der Waals surface area contributed by atoms with Crippen LogP contribution < -0.4 is 0 Å². The summed E-state index contributed by atoms with van der Waals surface area (Å²) in [6, 6.07) is 0. The maximum atomic E-state index is 10.7. The highest BCUT2D eigenvalue weighted by Gasteiger charge is 2.70. The minimum absolute atomic E-state index is 0.0221. The van der Waals surface area contributed by atoms with Crippen molar-refractivity contribution in [2.24, 2.45) is 34.5 Å². The topological polar surface area (TPSA) is 20.2 Å². The first-order valence-corrected chi connectivity index (χ1v) is 7.10. The van der Waals surface area contributed by atoms with E-state index in [1.54, 1.807) is 0 Å². The number of hydrogen-bond donors (Lipinski definition) is 1. The monoisotopic (exact) mass is 222 g/mol. The average Bonchev–Trinajstić information content (AvgIpc) is 2.53. The van der Waals surface area contributed by atoms with Gasteiger partial charge in [0.05, 0.1) is 6.10 Å². The Morgan fingerprint density at radius 1 is 1.06 bits per heavy atom. The van der Waals surface area contributed by atoms with Crippen LogP contribution in [-0.4, -0.2) is 11.2 Å². The normalized spacial score (nSPS) is 59.6. The van der Waals surface area contributed by atoms with E-state index in [-0.39, 0.29) is 11.5 Å². The molecular weight excluding hydrogens is 196 g/mol. The van der Waals surface area contributed by atoms with Gasteiger partial charge in [-0.1, -0.05) is 27.7 Å². The SMILES string of the molecule is CC(C)[C@H]1CC[C@@]2(C)[C@H]3CC[C@@]2(C)[C@@H](O)[C@@H]13. The van der Waals surface area contributed by atoms with E-state index in [9.17, 15) is 5.11 Å². The van der Waals surface area contributed by atoms with E-state index in [4.69, 9.17) is 0 Å². The van der Waals surface area contributed by atoms with Crippen LogP contribution >= 0.6 is 0 Å². The molecule has 3 rings (SSSR count). The van der Waals surface area contributed by atoms with Crippen molar-refractivity contribution >= 4 is 0 Å². The van der Waals surface area contributed by atoms with Crippen molar-refractivity contribution in [1.82, 2.24) is 0 Å². The lowest BCUT2D eigenvalue weighted by atomic mass is 9.61. The summed E-state index contributed by atoms with van der Waals surface area (Å²) in [5.41, 5.74) is 0.675. The first-order valence-electron chi connectivity index (χ1n) is 7.10. The quantitative estimate of drug-likeness (QED) is 0.720. The van der Waals surface area contributed by atoms with E-state index < -0.39 is 0 Å². The summed E-state index contributed by atoms with van der Waals surface area (Å²) in [7, 11) is 0. The molecule has 0 spiro atoms. The van der Waals surface area contributed by atoms with Crippen LogP contribution in [0, 0.1) is 34.5 Å². The van der Waals surface area contributed by atoms with Gasteiger partial charge in [-0.15, -0.1) is 0 Å². The zero-order valence-corrected chi connectivity index (χ0v) is 11.2. The second-order valence-electron chi connectivity index (χ2n) is 7.45. The van der Waals surface area contributed by atoms with E-state index in [2.05, 4.69) is 27.7 Å². The average molecular weight is 222 g/mol. The van der Waals surface area contributed by atoms with Gasteiger partial charge in [0.2, 0.25) is 0 Å². The predicted molar refractivity (Wildman–Crippen MR) is 66.0 cm³/mol. The van der Waals surface area contributed by atoms with E-state index in [1.165, 1.54) is 25.7 Å². The Bertz CT molecular complexity index is 309. The smallest absolute Gasteiger partial charge is 0.0632 e. The summed E-state index contributed by atoms with van der Waals surface area (Å²) in [6.45, 7) is 9.51. The molecule has 6 atom stereocenters. The number of aliphatic hydroxyl groups is 1. The number of rotatable bonds is 1. The first-order chi connectivity index (χ1) is 7.42. The van der Waals surface area contributed by atoms with Crippen LogP contribution in [-0.2, 0) is 0 Å². The second-order valence-corrected chi connectivity index (χ2v) is 7.45. The third-order valence-electron chi connectivity index (χ3n) is 6.93. The fourth-order valence-corrected chi connectivity index (χ4v) is 5.67. The van der Waals surface area contributed by atoms with E-state index >= 15 is 0 Å². The van der Waals surface area contributed by atoms with Gasteiger partial charge < -0.3 is 5.11 Å². The molecule has 0 amide bonds. The fourth-order valence-electron chi connectivity index (χ4n) is 5.67. The molecule has 0 aromatic heterocycles. The molecule has 3 fully saturated rings. The number of hydrogen-bond acceptors (Lipinski definition) is 1. The summed E-state index contributed by atoms with van der Waals surface area (Å²) in [4.78, 5) is 0. The molecule has 3 aliphatic rings. The Kier molecular flexibility index (Phi) is 2.11. The molecule has 0 unspecified atom stereocenters. The van der Waals surface area contributed by atoms with E-state index in [1.807, 2.05) is 0 Å². The highest BCUT2D eigenvalue weighted by Crippen LogP contribution is 2.74. The first kappa shape index (κ1) is 11.1. The van der Waals surface area contributed by atoms with Crippen LogP contribution in [0.15, 0.2) is 0 Å². The molecule has 1 heteroatoms. The van der Waals surface area contributed by atoms with Crippen LogP contribution in [0.3, 0.4) is 0 Å². The van der Waals surface area contributed by atoms with Gasteiger partial charge in [0, 0.05) is 0 Å². The van der Waals surface area contributed by atoms with Crippen LogP contribution in [0.4, 0.5) is 0 Å². The van der Waals surface area contributed by atoms with Gasteiger partial charge in [-0.25, -0.2) is 0 Å². The maximum Gasteiger partial charge on any atom is 0.0632 e. The summed E-state index contributed by atoms with van der Waals surface area (Å²) >= 11 is 0. The van der Waals surface area contributed by atoms with E-state index in [0.717, 1.165) is 17.8 Å². The largest absolute Gasteiger partial charge is 0.392 e. The van der Waals surface area contributed by atoms with Crippen LogP contribution in [0.2, 0.25) is 0 Å². The van der Waals surface area contributed by atoms with Crippen molar-refractivity contribution in [2.45, 2.75) is 59.5 Å². The molecule has 4 bridgehead atoms. The molecule has 92 valence electrons. The highest BCUT2D eigenvalue weighted by atomic mass is 16.3. The van der Waals surface area contributed by atoms with Crippen molar-refractivity contribution in [1.29, 1.82) is 0 Å². The molecule has 0 aromatic carbocycles. The summed E-state index contributed by atoms with van der Waals surface area (Å²) < 4.78 is 0. The van der Waals surface area contributed by atoms with Crippen molar-refractivity contribution in [2.75, 3.05) is 0 Å². The lowest BCUT2D eigenvalue weighted by molar-refractivity contribution is -0.0215. The second kappa shape index (κ2) is 3.04. The van der Waals surface area contributed by atoms with Gasteiger partial charge in [0.1, 0.15) is 0 Å². The minimum atomic E-state index is -0.0221. The molecule has 3 aliphatic carbocycles. The Balaban J connectivity index is 2.03. The Morgan fingerprint density at radius 2 is 1.69 bits per heavy atom. The van der Waals surface area contributed by atoms with Gasteiger partial charge in [-0.3, -0.25) is 0 Å². The predicted octanol–water partition coefficient (Wildman–Crippen LogP) is 3.47. The summed E-state index contributed by atoms with van der Waals surface area (Å²) in [6.07, 6.45) is 5.31. The molecule has 1 nitrogen and oxygen atoms in total. The molecule has 1 N–H and O–H groups in total. The molecule has 0 aromatic rings. The molecule has 0 saturated heterocycles. The maximum absolute atomic E-state index is 10.7. The fraction of sp³-hybridized carbons (Fsp3) is 1.00. The molecular formula is C15H26O. The summed E-state index contributed by atoms with van der Waals surface area (Å²) in [5.74, 6) is 2.94. The Labute approximate surface area is 99.6 Å². The van der Waals surface area contributed by atoms with Crippen molar-refractivity contribution < 1.29 is 5.11 Å². The Morgan fingerprint density at radius 3 is 2.31 bits per heavy atom. The van der Waals surface area contributed by atoms with Crippen molar-refractivity contribution in [3.05, 3.63) is 0 Å². The molecule has 16 heavy (non-hydrogen) atoms. The van der Waals surface area contributed by atoms with Gasteiger partial charge in [0.25, 0.3) is 0 Å². The minimum Gasteiger partial charge on any atom is -0.392 e. The lowest BCUT2D eigenvalue weighted by Crippen LogP contribution is -2.39. The number of aliphatic hydroxyl groups excluding tert-OH is 1.